The molecule has 4 rings (SSSR count). The third-order valence-corrected chi connectivity index (χ3v) is 4.11. The Hall–Kier alpha value is -2.08. The first kappa shape index (κ1) is 12.6. The minimum Gasteiger partial charge on any atom is -0.493 e. The van der Waals surface area contributed by atoms with Crippen LogP contribution in [0.5, 0.6) is 11.6 Å². The summed E-state index contributed by atoms with van der Waals surface area (Å²) in [4.78, 5) is 10.7. The smallest absolute Gasteiger partial charge is 0.222 e. The van der Waals surface area contributed by atoms with Crippen LogP contribution in [0.15, 0.2) is 12.1 Å². The first-order valence-electron chi connectivity index (χ1n) is 7.21. The summed E-state index contributed by atoms with van der Waals surface area (Å²) < 4.78 is 11.3. The largest absolute Gasteiger partial charge is 0.493 e. The van der Waals surface area contributed by atoms with E-state index in [9.17, 15) is 5.11 Å². The summed E-state index contributed by atoms with van der Waals surface area (Å²) in [7, 11) is 0. The van der Waals surface area contributed by atoms with Crippen LogP contribution in [0, 0.1) is 6.92 Å². The van der Waals surface area contributed by atoms with Gasteiger partial charge >= 0.3 is 0 Å². The Labute approximate surface area is 122 Å². The van der Waals surface area contributed by atoms with E-state index in [1.165, 1.54) is 0 Å². The lowest BCUT2D eigenvalue weighted by atomic mass is 10.1. The molecular weight excluding hydrogens is 270 g/mol. The molecule has 0 bridgehead atoms. The molecule has 6 heteroatoms. The molecule has 0 radical (unpaired) electrons. The quantitative estimate of drug-likeness (QED) is 0.860. The van der Waals surface area contributed by atoms with E-state index < -0.39 is 0 Å². The van der Waals surface area contributed by atoms with E-state index in [2.05, 4.69) is 14.9 Å². The molecule has 0 saturated carbocycles. The second-order valence-electron chi connectivity index (χ2n) is 5.49. The van der Waals surface area contributed by atoms with Gasteiger partial charge in [-0.05, 0) is 19.4 Å². The molecule has 110 valence electrons. The highest BCUT2D eigenvalue weighted by molar-refractivity contribution is 5.90. The normalized spacial score (nSPS) is 21.4. The van der Waals surface area contributed by atoms with E-state index in [1.54, 1.807) is 6.92 Å². The van der Waals surface area contributed by atoms with Crippen molar-refractivity contribution < 1.29 is 14.6 Å². The average molecular weight is 287 g/mol. The third kappa shape index (κ3) is 2.06. The Morgan fingerprint density at radius 1 is 1.29 bits per heavy atom. The van der Waals surface area contributed by atoms with E-state index in [0.717, 1.165) is 37.6 Å². The van der Waals surface area contributed by atoms with Crippen molar-refractivity contribution in [2.24, 2.45) is 0 Å². The molecule has 1 unspecified atom stereocenters. The van der Waals surface area contributed by atoms with Crippen molar-refractivity contribution in [3.05, 3.63) is 18.0 Å². The number of aromatic nitrogens is 2. The number of hydrogen-bond acceptors (Lipinski definition) is 6. The van der Waals surface area contributed by atoms with Crippen molar-refractivity contribution >= 4 is 16.6 Å². The molecule has 0 aliphatic carbocycles. The van der Waals surface area contributed by atoms with Gasteiger partial charge in [-0.1, -0.05) is 0 Å². The van der Waals surface area contributed by atoms with Gasteiger partial charge in [-0.3, -0.25) is 0 Å². The maximum absolute atomic E-state index is 10.1. The zero-order valence-corrected chi connectivity index (χ0v) is 11.9. The fraction of sp³-hybridized carbons (Fsp3) is 0.467. The lowest BCUT2D eigenvalue weighted by Crippen LogP contribution is -2.41. The topological polar surface area (TPSA) is 67.7 Å². The minimum atomic E-state index is 0.0218. The van der Waals surface area contributed by atoms with Gasteiger partial charge in [0.25, 0.3) is 0 Å². The van der Waals surface area contributed by atoms with Gasteiger partial charge in [0.05, 0.1) is 35.8 Å². The Kier molecular flexibility index (Phi) is 2.85. The SMILES string of the molecule is Cc1nc(O)c2cc3c(cc2n1)OCCN3C1CCOC1. The van der Waals surface area contributed by atoms with Gasteiger partial charge in [0.15, 0.2) is 0 Å². The number of anilines is 1. The predicted molar refractivity (Wildman–Crippen MR) is 78.0 cm³/mol. The number of aromatic hydroxyl groups is 1. The number of ether oxygens (including phenoxy) is 2. The summed E-state index contributed by atoms with van der Waals surface area (Å²) in [5, 5.41) is 10.7. The van der Waals surface area contributed by atoms with Crippen LogP contribution < -0.4 is 9.64 Å². The number of benzene rings is 1. The zero-order valence-electron chi connectivity index (χ0n) is 11.9. The molecule has 1 aromatic heterocycles. The molecule has 1 atom stereocenters. The second kappa shape index (κ2) is 4.73. The maximum atomic E-state index is 10.1. The average Bonchev–Trinajstić information content (AvgIpc) is 2.98. The van der Waals surface area contributed by atoms with E-state index >= 15 is 0 Å². The number of rotatable bonds is 1. The van der Waals surface area contributed by atoms with Crippen molar-refractivity contribution in [3.63, 3.8) is 0 Å². The molecule has 2 aliphatic rings. The lowest BCUT2D eigenvalue weighted by molar-refractivity contribution is 0.191. The van der Waals surface area contributed by atoms with Crippen molar-refractivity contribution in [3.8, 4) is 11.6 Å². The van der Waals surface area contributed by atoms with E-state index in [0.29, 0.717) is 29.4 Å². The Bertz CT molecular complexity index is 698. The van der Waals surface area contributed by atoms with Gasteiger partial charge in [-0.25, -0.2) is 4.98 Å². The first-order chi connectivity index (χ1) is 10.2. The van der Waals surface area contributed by atoms with Gasteiger partial charge in [-0.15, -0.1) is 0 Å². The van der Waals surface area contributed by atoms with Crippen molar-refractivity contribution in [1.82, 2.24) is 9.97 Å². The summed E-state index contributed by atoms with van der Waals surface area (Å²) in [6.07, 6.45) is 1.02. The fourth-order valence-corrected chi connectivity index (χ4v) is 3.10. The number of hydrogen-bond donors (Lipinski definition) is 1. The Balaban J connectivity index is 1.86. The van der Waals surface area contributed by atoms with Gasteiger partial charge in [0.2, 0.25) is 5.88 Å². The summed E-state index contributed by atoms with van der Waals surface area (Å²) in [5.74, 6) is 1.39. The van der Waals surface area contributed by atoms with Crippen LogP contribution in [-0.4, -0.2) is 47.5 Å². The molecular formula is C15H17N3O3. The number of fused-ring (bicyclic) bond motifs is 2. The molecule has 1 fully saturated rings. The van der Waals surface area contributed by atoms with Gasteiger partial charge < -0.3 is 19.5 Å². The summed E-state index contributed by atoms with van der Waals surface area (Å²) in [6.45, 7) is 4.80. The molecule has 0 spiro atoms. The molecule has 2 aliphatic heterocycles. The van der Waals surface area contributed by atoms with Crippen LogP contribution in [0.2, 0.25) is 0 Å². The monoisotopic (exact) mass is 287 g/mol. The molecule has 1 aromatic carbocycles. The van der Waals surface area contributed by atoms with Crippen molar-refractivity contribution in [2.45, 2.75) is 19.4 Å². The van der Waals surface area contributed by atoms with Crippen LogP contribution in [0.4, 0.5) is 5.69 Å². The highest BCUT2D eigenvalue weighted by Gasteiger charge is 2.29. The molecule has 6 nitrogen and oxygen atoms in total. The first-order valence-corrected chi connectivity index (χ1v) is 7.21. The molecule has 21 heavy (non-hydrogen) atoms. The van der Waals surface area contributed by atoms with E-state index in [4.69, 9.17) is 9.47 Å². The number of aryl methyl sites for hydroxylation is 1. The highest BCUT2D eigenvalue weighted by atomic mass is 16.5. The van der Waals surface area contributed by atoms with Crippen LogP contribution in [0.25, 0.3) is 10.9 Å². The molecule has 1 saturated heterocycles. The van der Waals surface area contributed by atoms with Crippen molar-refractivity contribution in [2.75, 3.05) is 31.3 Å². The third-order valence-electron chi connectivity index (χ3n) is 4.11. The van der Waals surface area contributed by atoms with Crippen LogP contribution in [0.3, 0.4) is 0 Å². The van der Waals surface area contributed by atoms with E-state index in [1.807, 2.05) is 12.1 Å². The second-order valence-corrected chi connectivity index (χ2v) is 5.49. The van der Waals surface area contributed by atoms with Gasteiger partial charge in [0, 0.05) is 12.7 Å². The maximum Gasteiger partial charge on any atom is 0.222 e. The highest BCUT2D eigenvalue weighted by Crippen LogP contribution is 2.39. The molecule has 3 heterocycles. The van der Waals surface area contributed by atoms with Gasteiger partial charge in [-0.2, -0.15) is 4.98 Å². The summed E-state index contributed by atoms with van der Waals surface area (Å²) in [6, 6.07) is 4.19. The summed E-state index contributed by atoms with van der Waals surface area (Å²) >= 11 is 0. The van der Waals surface area contributed by atoms with Crippen LogP contribution in [0.1, 0.15) is 12.2 Å². The van der Waals surface area contributed by atoms with Crippen LogP contribution in [-0.2, 0) is 4.74 Å². The number of nitrogens with zero attached hydrogens (tertiary/aromatic N) is 3. The van der Waals surface area contributed by atoms with Crippen LogP contribution >= 0.6 is 0 Å². The van der Waals surface area contributed by atoms with Crippen molar-refractivity contribution in [1.29, 1.82) is 0 Å². The van der Waals surface area contributed by atoms with E-state index in [-0.39, 0.29) is 5.88 Å². The standard InChI is InChI=1S/C15H17N3O3/c1-9-16-12-7-14-13(6-11(12)15(19)17-9)18(3-5-21-14)10-2-4-20-8-10/h6-7,10H,2-5,8H2,1H3,(H,16,17,19). The fourth-order valence-electron chi connectivity index (χ4n) is 3.10. The zero-order chi connectivity index (χ0) is 14.4. The molecule has 1 N–H and O–H groups in total. The molecule has 0 amide bonds. The Morgan fingerprint density at radius 2 is 2.19 bits per heavy atom. The minimum absolute atomic E-state index is 0.0218. The molecule has 2 aromatic rings. The predicted octanol–water partition coefficient (Wildman–Crippen LogP) is 1.63. The van der Waals surface area contributed by atoms with Gasteiger partial charge in [0.1, 0.15) is 18.2 Å². The Morgan fingerprint density at radius 3 is 3.00 bits per heavy atom. The summed E-state index contributed by atoms with van der Waals surface area (Å²) in [5.41, 5.74) is 1.70. The lowest BCUT2D eigenvalue weighted by Gasteiger charge is -2.35.